The van der Waals surface area contributed by atoms with E-state index in [9.17, 15) is 14.4 Å². The summed E-state index contributed by atoms with van der Waals surface area (Å²) in [5, 5.41) is 2.90. The smallest absolute Gasteiger partial charge is 0.271 e. The van der Waals surface area contributed by atoms with E-state index >= 15 is 0 Å². The highest BCUT2D eigenvalue weighted by atomic mass is 16.2. The van der Waals surface area contributed by atoms with Gasteiger partial charge in [0.05, 0.1) is 11.3 Å². The molecule has 2 heterocycles. The summed E-state index contributed by atoms with van der Waals surface area (Å²) in [7, 11) is 1.59. The van der Waals surface area contributed by atoms with Gasteiger partial charge < -0.3 is 10.2 Å². The number of rotatable bonds is 3. The zero-order valence-electron chi connectivity index (χ0n) is 15.4. The third kappa shape index (κ3) is 2.44. The standard InChI is InChI=1S/C21H21N3O3/c1-3-14-8-10-15(11-9-14)22-20(27)21-13-12-18(25)24(21)17-7-5-4-6-16(17)19(26)23(21)2/h4-11H,3,12-13H2,1-2H3,(H,22,27)/t21-/m1/s1. The Morgan fingerprint density at radius 3 is 2.52 bits per heavy atom. The Labute approximate surface area is 157 Å². The molecular weight excluding hydrogens is 342 g/mol. The molecule has 0 bridgehead atoms. The zero-order valence-corrected chi connectivity index (χ0v) is 15.4. The second-order valence-corrected chi connectivity index (χ2v) is 6.93. The molecule has 0 aromatic heterocycles. The lowest BCUT2D eigenvalue weighted by molar-refractivity contribution is -0.128. The van der Waals surface area contributed by atoms with Gasteiger partial charge in [0.1, 0.15) is 0 Å². The molecule has 1 fully saturated rings. The number of aryl methyl sites for hydroxylation is 1. The number of para-hydroxylation sites is 1. The minimum Gasteiger partial charge on any atom is -0.322 e. The van der Waals surface area contributed by atoms with Crippen LogP contribution in [-0.4, -0.2) is 35.3 Å². The van der Waals surface area contributed by atoms with Gasteiger partial charge in [-0.25, -0.2) is 0 Å². The first kappa shape index (κ1) is 17.3. The molecule has 27 heavy (non-hydrogen) atoms. The van der Waals surface area contributed by atoms with Crippen LogP contribution in [0.4, 0.5) is 11.4 Å². The van der Waals surface area contributed by atoms with Crippen LogP contribution in [0.2, 0.25) is 0 Å². The van der Waals surface area contributed by atoms with Crippen LogP contribution in [0, 0.1) is 0 Å². The Hall–Kier alpha value is -3.15. The first-order valence-electron chi connectivity index (χ1n) is 9.09. The van der Waals surface area contributed by atoms with Gasteiger partial charge in [-0.2, -0.15) is 0 Å². The quantitative estimate of drug-likeness (QED) is 0.912. The van der Waals surface area contributed by atoms with Crippen LogP contribution in [0.15, 0.2) is 48.5 Å². The molecule has 0 spiro atoms. The van der Waals surface area contributed by atoms with E-state index in [1.165, 1.54) is 15.4 Å². The van der Waals surface area contributed by atoms with E-state index in [2.05, 4.69) is 12.2 Å². The molecule has 1 saturated heterocycles. The fraction of sp³-hybridized carbons (Fsp3) is 0.286. The van der Waals surface area contributed by atoms with Crippen molar-refractivity contribution in [2.45, 2.75) is 31.8 Å². The second kappa shape index (κ2) is 6.23. The highest BCUT2D eigenvalue weighted by Crippen LogP contribution is 2.44. The molecule has 138 valence electrons. The van der Waals surface area contributed by atoms with Crippen LogP contribution in [0.5, 0.6) is 0 Å². The molecule has 2 aliphatic rings. The SMILES string of the molecule is CCc1ccc(NC(=O)[C@@]23CCC(=O)N2c2ccccc2C(=O)N3C)cc1. The van der Waals surface area contributed by atoms with E-state index in [0.29, 0.717) is 16.9 Å². The number of nitrogens with one attached hydrogen (secondary N) is 1. The van der Waals surface area contributed by atoms with E-state index in [-0.39, 0.29) is 30.6 Å². The second-order valence-electron chi connectivity index (χ2n) is 6.93. The molecule has 0 radical (unpaired) electrons. The molecule has 0 aliphatic carbocycles. The van der Waals surface area contributed by atoms with Crippen molar-refractivity contribution in [2.75, 3.05) is 17.3 Å². The number of carbonyl (C=O) groups is 3. The van der Waals surface area contributed by atoms with E-state index in [1.54, 1.807) is 31.3 Å². The summed E-state index contributed by atoms with van der Waals surface area (Å²) < 4.78 is 0. The van der Waals surface area contributed by atoms with Crippen molar-refractivity contribution in [3.8, 4) is 0 Å². The molecule has 2 aliphatic heterocycles. The van der Waals surface area contributed by atoms with E-state index in [0.717, 1.165) is 6.42 Å². The summed E-state index contributed by atoms with van der Waals surface area (Å²) in [5.41, 5.74) is 1.41. The molecule has 2 aromatic rings. The topological polar surface area (TPSA) is 69.7 Å². The fourth-order valence-electron chi connectivity index (χ4n) is 3.98. The molecule has 1 N–H and O–H groups in total. The average Bonchev–Trinajstić information content (AvgIpc) is 3.05. The Morgan fingerprint density at radius 2 is 1.81 bits per heavy atom. The molecular formula is C21H21N3O3. The van der Waals surface area contributed by atoms with Crippen molar-refractivity contribution in [2.24, 2.45) is 0 Å². The van der Waals surface area contributed by atoms with E-state index < -0.39 is 5.66 Å². The minimum absolute atomic E-state index is 0.154. The maximum atomic E-state index is 13.3. The van der Waals surface area contributed by atoms with E-state index in [4.69, 9.17) is 0 Å². The van der Waals surface area contributed by atoms with Crippen molar-refractivity contribution >= 4 is 29.1 Å². The Kier molecular flexibility index (Phi) is 3.98. The zero-order chi connectivity index (χ0) is 19.2. The molecule has 0 saturated carbocycles. The normalized spacial score (nSPS) is 21.1. The summed E-state index contributed by atoms with van der Waals surface area (Å²) in [6.07, 6.45) is 1.39. The number of hydrogen-bond donors (Lipinski definition) is 1. The van der Waals surface area contributed by atoms with Gasteiger partial charge in [0.15, 0.2) is 0 Å². The lowest BCUT2D eigenvalue weighted by Gasteiger charge is -2.47. The van der Waals surface area contributed by atoms with Gasteiger partial charge in [-0.15, -0.1) is 0 Å². The number of fused-ring (bicyclic) bond motifs is 3. The van der Waals surface area contributed by atoms with Gasteiger partial charge in [-0.05, 0) is 36.2 Å². The summed E-state index contributed by atoms with van der Waals surface area (Å²) in [6, 6.07) is 14.5. The summed E-state index contributed by atoms with van der Waals surface area (Å²) >= 11 is 0. The number of benzene rings is 2. The lowest BCUT2D eigenvalue weighted by Crippen LogP contribution is -2.68. The predicted molar refractivity (Wildman–Crippen MR) is 102 cm³/mol. The first-order chi connectivity index (χ1) is 13.0. The highest BCUT2D eigenvalue weighted by molar-refractivity contribution is 6.18. The lowest BCUT2D eigenvalue weighted by atomic mass is 9.96. The van der Waals surface area contributed by atoms with Crippen LogP contribution in [0.25, 0.3) is 0 Å². The summed E-state index contributed by atoms with van der Waals surface area (Å²) in [6.45, 7) is 2.06. The Morgan fingerprint density at radius 1 is 1.11 bits per heavy atom. The van der Waals surface area contributed by atoms with E-state index in [1.807, 2.05) is 24.3 Å². The third-order valence-electron chi connectivity index (χ3n) is 5.53. The average molecular weight is 363 g/mol. The van der Waals surface area contributed by atoms with Crippen LogP contribution in [0.1, 0.15) is 35.7 Å². The summed E-state index contributed by atoms with van der Waals surface area (Å²) in [4.78, 5) is 41.8. The monoisotopic (exact) mass is 363 g/mol. The van der Waals surface area contributed by atoms with Crippen LogP contribution in [0.3, 0.4) is 0 Å². The van der Waals surface area contributed by atoms with Gasteiger partial charge in [0.25, 0.3) is 11.8 Å². The molecule has 6 nitrogen and oxygen atoms in total. The third-order valence-corrected chi connectivity index (χ3v) is 5.53. The molecule has 4 rings (SSSR count). The number of likely N-dealkylation sites (N-methyl/N-ethyl adjacent to an activating group) is 1. The molecule has 3 amide bonds. The van der Waals surface area contributed by atoms with Gasteiger partial charge in [-0.1, -0.05) is 31.2 Å². The largest absolute Gasteiger partial charge is 0.322 e. The van der Waals surface area contributed by atoms with Crippen LogP contribution < -0.4 is 10.2 Å². The number of anilines is 2. The Bertz CT molecular complexity index is 938. The van der Waals surface area contributed by atoms with Crippen LogP contribution in [-0.2, 0) is 16.0 Å². The van der Waals surface area contributed by atoms with Crippen molar-refractivity contribution < 1.29 is 14.4 Å². The van der Waals surface area contributed by atoms with Gasteiger partial charge in [0.2, 0.25) is 11.6 Å². The fourth-order valence-corrected chi connectivity index (χ4v) is 3.98. The first-order valence-corrected chi connectivity index (χ1v) is 9.09. The number of hydrogen-bond acceptors (Lipinski definition) is 3. The van der Waals surface area contributed by atoms with Crippen molar-refractivity contribution in [3.63, 3.8) is 0 Å². The molecule has 1 atom stereocenters. The van der Waals surface area contributed by atoms with Crippen LogP contribution >= 0.6 is 0 Å². The maximum Gasteiger partial charge on any atom is 0.271 e. The highest BCUT2D eigenvalue weighted by Gasteiger charge is 2.59. The van der Waals surface area contributed by atoms with Crippen molar-refractivity contribution in [1.29, 1.82) is 0 Å². The molecule has 0 unspecified atom stereocenters. The minimum atomic E-state index is -1.34. The van der Waals surface area contributed by atoms with Crippen molar-refractivity contribution in [3.05, 3.63) is 59.7 Å². The van der Waals surface area contributed by atoms with Gasteiger partial charge in [-0.3, -0.25) is 19.3 Å². The van der Waals surface area contributed by atoms with Crippen molar-refractivity contribution in [1.82, 2.24) is 4.90 Å². The maximum absolute atomic E-state index is 13.3. The molecule has 6 heteroatoms. The number of nitrogens with zero attached hydrogens (tertiary/aromatic N) is 2. The van der Waals surface area contributed by atoms with Gasteiger partial charge >= 0.3 is 0 Å². The molecule has 2 aromatic carbocycles. The number of carbonyl (C=O) groups excluding carboxylic acids is 3. The van der Waals surface area contributed by atoms with Gasteiger partial charge in [0, 0.05) is 25.6 Å². The number of amides is 3. The Balaban J connectivity index is 1.76. The summed E-state index contributed by atoms with van der Waals surface area (Å²) in [5.74, 6) is -0.783. The predicted octanol–water partition coefficient (Wildman–Crippen LogP) is 2.80.